The van der Waals surface area contributed by atoms with Gasteiger partial charge in [0, 0.05) is 6.54 Å². The van der Waals surface area contributed by atoms with Crippen LogP contribution in [0.1, 0.15) is 0 Å². The zero-order valence-corrected chi connectivity index (χ0v) is 9.27. The summed E-state index contributed by atoms with van der Waals surface area (Å²) < 4.78 is 22.7. The highest BCUT2D eigenvalue weighted by atomic mass is 32.2. The van der Waals surface area contributed by atoms with Crippen molar-refractivity contribution in [1.29, 1.82) is 0 Å². The number of nitrogens with one attached hydrogen (secondary N) is 1. The minimum atomic E-state index is -2.88. The van der Waals surface area contributed by atoms with Crippen molar-refractivity contribution < 1.29 is 8.42 Å². The number of fused-ring (bicyclic) bond motifs is 1. The van der Waals surface area contributed by atoms with E-state index in [0.29, 0.717) is 11.7 Å². The Balaban J connectivity index is 2.21. The first kappa shape index (κ1) is 9.92. The third-order valence-corrected chi connectivity index (χ3v) is 4.69. The summed E-state index contributed by atoms with van der Waals surface area (Å²) in [5.74, 6) is 0.407. The molecule has 1 N–H and O–H groups in total. The van der Waals surface area contributed by atoms with E-state index in [0.717, 1.165) is 0 Å². The molecule has 0 amide bonds. The van der Waals surface area contributed by atoms with Gasteiger partial charge in [0.15, 0.2) is 14.9 Å². The molecule has 2 saturated heterocycles. The fourth-order valence-corrected chi connectivity index (χ4v) is 4.31. The smallest absolute Gasteiger partial charge is 0.169 e. The molecule has 78 valence electrons. The summed E-state index contributed by atoms with van der Waals surface area (Å²) in [6.07, 6.45) is 1.74. The van der Waals surface area contributed by atoms with Gasteiger partial charge in [-0.25, -0.2) is 8.42 Å². The van der Waals surface area contributed by atoms with Gasteiger partial charge >= 0.3 is 0 Å². The van der Waals surface area contributed by atoms with Gasteiger partial charge in [0.1, 0.15) is 0 Å². The van der Waals surface area contributed by atoms with Gasteiger partial charge in [-0.2, -0.15) is 0 Å². The summed E-state index contributed by atoms with van der Waals surface area (Å²) in [5.41, 5.74) is 0. The van der Waals surface area contributed by atoms with Gasteiger partial charge in [-0.3, -0.25) is 0 Å². The molecule has 2 rings (SSSR count). The van der Waals surface area contributed by atoms with Crippen LogP contribution >= 0.6 is 12.2 Å². The highest BCUT2D eigenvalue weighted by molar-refractivity contribution is 7.91. The minimum Gasteiger partial charge on any atom is -0.357 e. The number of nitrogens with zero attached hydrogens (tertiary/aromatic N) is 1. The number of sulfone groups is 1. The standard InChI is InChI=1S/C8H12N2O2S2/c1-2-3-10-7-5-14(11,12)4-6(7)9-8(10)13/h2,6-7H,1,3-5H2,(H,9,13)/t6-,7+/m0/s1. The molecule has 6 heteroatoms. The van der Waals surface area contributed by atoms with E-state index in [-0.39, 0.29) is 23.6 Å². The molecule has 2 heterocycles. The van der Waals surface area contributed by atoms with Crippen LogP contribution < -0.4 is 5.32 Å². The molecule has 2 atom stereocenters. The van der Waals surface area contributed by atoms with Crippen LogP contribution in [0.2, 0.25) is 0 Å². The summed E-state index contributed by atoms with van der Waals surface area (Å²) in [4.78, 5) is 1.90. The molecule has 0 aromatic rings. The van der Waals surface area contributed by atoms with Crippen LogP contribution in [0.15, 0.2) is 12.7 Å². The molecule has 0 aliphatic carbocycles. The van der Waals surface area contributed by atoms with Crippen molar-refractivity contribution in [3.63, 3.8) is 0 Å². The number of hydrogen-bond donors (Lipinski definition) is 1. The van der Waals surface area contributed by atoms with Gasteiger partial charge < -0.3 is 10.2 Å². The second kappa shape index (κ2) is 3.20. The first-order chi connectivity index (χ1) is 6.53. The summed E-state index contributed by atoms with van der Waals surface area (Å²) >= 11 is 5.11. The molecule has 2 aliphatic heterocycles. The van der Waals surface area contributed by atoms with E-state index in [1.807, 2.05) is 4.90 Å². The lowest BCUT2D eigenvalue weighted by Crippen LogP contribution is -2.36. The molecular weight excluding hydrogens is 220 g/mol. The van der Waals surface area contributed by atoms with Crippen molar-refractivity contribution >= 4 is 27.2 Å². The van der Waals surface area contributed by atoms with Crippen LogP contribution in [0.3, 0.4) is 0 Å². The normalized spacial score (nSPS) is 34.0. The van der Waals surface area contributed by atoms with Gasteiger partial charge in [0.05, 0.1) is 23.6 Å². The first-order valence-electron chi connectivity index (χ1n) is 4.42. The molecule has 0 unspecified atom stereocenters. The van der Waals surface area contributed by atoms with E-state index in [1.165, 1.54) is 0 Å². The maximum atomic E-state index is 11.4. The van der Waals surface area contributed by atoms with Crippen LogP contribution in [0.25, 0.3) is 0 Å². The highest BCUT2D eigenvalue weighted by Crippen LogP contribution is 2.23. The van der Waals surface area contributed by atoms with Gasteiger partial charge in [-0.15, -0.1) is 6.58 Å². The fourth-order valence-electron chi connectivity index (χ4n) is 2.02. The maximum absolute atomic E-state index is 11.4. The molecule has 14 heavy (non-hydrogen) atoms. The van der Waals surface area contributed by atoms with E-state index in [4.69, 9.17) is 12.2 Å². The lowest BCUT2D eigenvalue weighted by atomic mass is 10.2. The first-order valence-corrected chi connectivity index (χ1v) is 6.65. The largest absolute Gasteiger partial charge is 0.357 e. The zero-order chi connectivity index (χ0) is 10.3. The summed E-state index contributed by atoms with van der Waals surface area (Å²) in [5, 5.41) is 3.68. The van der Waals surface area contributed by atoms with E-state index < -0.39 is 9.84 Å². The maximum Gasteiger partial charge on any atom is 0.169 e. The second-order valence-corrected chi connectivity index (χ2v) is 6.18. The average molecular weight is 232 g/mol. The van der Waals surface area contributed by atoms with Crippen LogP contribution in [-0.4, -0.2) is 48.6 Å². The van der Waals surface area contributed by atoms with Crippen molar-refractivity contribution in [2.45, 2.75) is 12.1 Å². The van der Waals surface area contributed by atoms with Crippen LogP contribution in [0.4, 0.5) is 0 Å². The van der Waals surface area contributed by atoms with Crippen molar-refractivity contribution in [1.82, 2.24) is 10.2 Å². The van der Waals surface area contributed by atoms with Gasteiger partial charge in [-0.05, 0) is 12.2 Å². The topological polar surface area (TPSA) is 49.4 Å². The summed E-state index contributed by atoms with van der Waals surface area (Å²) in [7, 11) is -2.88. The highest BCUT2D eigenvalue weighted by Gasteiger charge is 2.46. The molecule has 0 aromatic carbocycles. The van der Waals surface area contributed by atoms with E-state index in [9.17, 15) is 8.42 Å². The Kier molecular flexibility index (Phi) is 2.27. The Morgan fingerprint density at radius 3 is 3.00 bits per heavy atom. The van der Waals surface area contributed by atoms with Gasteiger partial charge in [0.2, 0.25) is 0 Å². The Morgan fingerprint density at radius 2 is 2.36 bits per heavy atom. The third-order valence-electron chi connectivity index (χ3n) is 2.62. The minimum absolute atomic E-state index is 0.00509. The molecule has 0 bridgehead atoms. The number of hydrogen-bond acceptors (Lipinski definition) is 3. The SMILES string of the molecule is C=CCN1C(=S)N[C@H]2CS(=O)(=O)C[C@H]21. The summed E-state index contributed by atoms with van der Waals surface area (Å²) in [6, 6.07) is -0.0158. The van der Waals surface area contributed by atoms with Crippen LogP contribution in [0, 0.1) is 0 Å². The monoisotopic (exact) mass is 232 g/mol. The third kappa shape index (κ3) is 1.52. The summed E-state index contributed by atoms with van der Waals surface area (Å²) in [6.45, 7) is 4.24. The van der Waals surface area contributed by atoms with Gasteiger partial charge in [-0.1, -0.05) is 6.08 Å². The van der Waals surface area contributed by atoms with Gasteiger partial charge in [0.25, 0.3) is 0 Å². The molecular formula is C8H12N2O2S2. The Hall–Kier alpha value is -0.620. The van der Waals surface area contributed by atoms with Crippen molar-refractivity contribution in [3.05, 3.63) is 12.7 Å². The molecule has 0 radical (unpaired) electrons. The van der Waals surface area contributed by atoms with E-state index in [2.05, 4.69) is 11.9 Å². The zero-order valence-electron chi connectivity index (χ0n) is 7.64. The van der Waals surface area contributed by atoms with Crippen molar-refractivity contribution in [2.75, 3.05) is 18.1 Å². The van der Waals surface area contributed by atoms with Crippen LogP contribution in [-0.2, 0) is 9.84 Å². The Morgan fingerprint density at radius 1 is 1.64 bits per heavy atom. The van der Waals surface area contributed by atoms with E-state index in [1.54, 1.807) is 6.08 Å². The Labute approximate surface area is 88.9 Å². The molecule has 2 fully saturated rings. The molecule has 0 saturated carbocycles. The average Bonchev–Trinajstić information content (AvgIpc) is 2.47. The lowest BCUT2D eigenvalue weighted by Gasteiger charge is -2.20. The van der Waals surface area contributed by atoms with E-state index >= 15 is 0 Å². The second-order valence-electron chi connectivity index (χ2n) is 3.64. The van der Waals surface area contributed by atoms with Crippen molar-refractivity contribution in [3.8, 4) is 0 Å². The predicted molar refractivity (Wildman–Crippen MR) is 58.9 cm³/mol. The van der Waals surface area contributed by atoms with Crippen LogP contribution in [0.5, 0.6) is 0 Å². The van der Waals surface area contributed by atoms with Crippen molar-refractivity contribution in [2.24, 2.45) is 0 Å². The molecule has 0 spiro atoms. The lowest BCUT2D eigenvalue weighted by molar-refractivity contribution is 0.386. The fraction of sp³-hybridized carbons (Fsp3) is 0.625. The Bertz CT molecular complexity index is 377. The predicted octanol–water partition coefficient (Wildman–Crippen LogP) is -0.472. The molecule has 4 nitrogen and oxygen atoms in total. The molecule has 0 aromatic heterocycles. The number of rotatable bonds is 2. The molecule has 2 aliphatic rings. The number of thiocarbonyl (C=S) groups is 1. The quantitative estimate of drug-likeness (QED) is 0.515.